The van der Waals surface area contributed by atoms with Gasteiger partial charge in [-0.15, -0.1) is 0 Å². The molecule has 0 spiro atoms. The molecule has 19 heavy (non-hydrogen) atoms. The van der Waals surface area contributed by atoms with E-state index in [1.165, 1.54) is 0 Å². The van der Waals surface area contributed by atoms with Crippen LogP contribution in [-0.2, 0) is 13.6 Å². The zero-order valence-electron chi connectivity index (χ0n) is 11.8. The molecule has 0 fully saturated rings. The van der Waals surface area contributed by atoms with Crippen LogP contribution in [0.2, 0.25) is 0 Å². The van der Waals surface area contributed by atoms with Gasteiger partial charge in [0.15, 0.2) is 0 Å². The fraction of sp³-hybridized carbons (Fsp3) is 0.429. The van der Waals surface area contributed by atoms with Crippen LogP contribution in [0.3, 0.4) is 0 Å². The van der Waals surface area contributed by atoms with Gasteiger partial charge < -0.3 is 9.64 Å². The highest BCUT2D eigenvalue weighted by molar-refractivity contribution is 5.79. The highest BCUT2D eigenvalue weighted by atomic mass is 16.5. The van der Waals surface area contributed by atoms with Crippen molar-refractivity contribution in [1.82, 2.24) is 14.5 Å². The van der Waals surface area contributed by atoms with Crippen LogP contribution in [0.5, 0.6) is 5.75 Å². The molecule has 2 aromatic rings. The molecule has 0 saturated heterocycles. The van der Waals surface area contributed by atoms with E-state index in [4.69, 9.17) is 4.74 Å². The minimum Gasteiger partial charge on any atom is -0.494 e. The lowest BCUT2D eigenvalue weighted by molar-refractivity contribution is 0.340. The molecule has 0 atom stereocenters. The lowest BCUT2D eigenvalue weighted by atomic mass is 10.2. The lowest BCUT2D eigenvalue weighted by Gasteiger charge is -2.13. The molecule has 1 heterocycles. The topological polar surface area (TPSA) is 47.4 Å². The summed E-state index contributed by atoms with van der Waals surface area (Å²) in [5, 5.41) is 0.593. The molecular formula is C14H19N3O2. The molecule has 0 aliphatic rings. The van der Waals surface area contributed by atoms with E-state index in [-0.39, 0.29) is 5.56 Å². The fourth-order valence-corrected chi connectivity index (χ4v) is 1.98. The largest absolute Gasteiger partial charge is 0.494 e. The average Bonchev–Trinajstić information content (AvgIpc) is 2.36. The Bertz CT molecular complexity index is 647. The number of rotatable bonds is 4. The van der Waals surface area contributed by atoms with Gasteiger partial charge in [0.05, 0.1) is 24.1 Å². The Morgan fingerprint density at radius 1 is 1.37 bits per heavy atom. The van der Waals surface area contributed by atoms with E-state index in [2.05, 4.69) is 4.98 Å². The van der Waals surface area contributed by atoms with Gasteiger partial charge in [-0.2, -0.15) is 0 Å². The number of hydrogen-bond acceptors (Lipinski definition) is 4. The summed E-state index contributed by atoms with van der Waals surface area (Å²) in [4.78, 5) is 18.9. The zero-order valence-corrected chi connectivity index (χ0v) is 11.8. The Kier molecular flexibility index (Phi) is 3.85. The lowest BCUT2D eigenvalue weighted by Crippen LogP contribution is -2.26. The normalized spacial score (nSPS) is 11.2. The van der Waals surface area contributed by atoms with Crippen molar-refractivity contribution in [2.75, 3.05) is 20.7 Å². The Morgan fingerprint density at radius 2 is 2.11 bits per heavy atom. The number of ether oxygens (including phenoxy) is 1. The summed E-state index contributed by atoms with van der Waals surface area (Å²) in [5.41, 5.74) is 0.673. The van der Waals surface area contributed by atoms with Crippen LogP contribution < -0.4 is 10.3 Å². The molecule has 102 valence electrons. The first kappa shape index (κ1) is 13.5. The maximum absolute atomic E-state index is 12.3. The summed E-state index contributed by atoms with van der Waals surface area (Å²) in [5.74, 6) is 1.46. The van der Waals surface area contributed by atoms with Crippen molar-refractivity contribution < 1.29 is 4.74 Å². The van der Waals surface area contributed by atoms with E-state index in [1.54, 1.807) is 17.7 Å². The molecule has 0 saturated carbocycles. The van der Waals surface area contributed by atoms with Gasteiger partial charge >= 0.3 is 0 Å². The van der Waals surface area contributed by atoms with Gasteiger partial charge in [0, 0.05) is 7.05 Å². The molecule has 0 aliphatic carbocycles. The SMILES string of the molecule is CCOc1ccc2nc(CN(C)C)n(C)c(=O)c2c1. The van der Waals surface area contributed by atoms with Crippen molar-refractivity contribution in [2.45, 2.75) is 13.5 Å². The maximum atomic E-state index is 12.3. The van der Waals surface area contributed by atoms with Crippen molar-refractivity contribution >= 4 is 10.9 Å². The molecule has 0 N–H and O–H groups in total. The number of hydrogen-bond donors (Lipinski definition) is 0. The zero-order chi connectivity index (χ0) is 14.0. The van der Waals surface area contributed by atoms with Crippen molar-refractivity contribution in [3.8, 4) is 5.75 Å². The first-order valence-electron chi connectivity index (χ1n) is 6.30. The molecule has 1 aromatic heterocycles. The smallest absolute Gasteiger partial charge is 0.261 e. The second-order valence-electron chi connectivity index (χ2n) is 4.74. The molecule has 0 amide bonds. The summed E-state index contributed by atoms with van der Waals surface area (Å²) in [6.07, 6.45) is 0. The highest BCUT2D eigenvalue weighted by Gasteiger charge is 2.09. The monoisotopic (exact) mass is 261 g/mol. The fourth-order valence-electron chi connectivity index (χ4n) is 1.98. The van der Waals surface area contributed by atoms with E-state index in [9.17, 15) is 4.79 Å². The van der Waals surface area contributed by atoms with E-state index >= 15 is 0 Å². The van der Waals surface area contributed by atoms with Gasteiger partial charge in [0.1, 0.15) is 11.6 Å². The van der Waals surface area contributed by atoms with Crippen molar-refractivity contribution in [3.63, 3.8) is 0 Å². The predicted molar refractivity (Wildman–Crippen MR) is 75.5 cm³/mol. The standard InChI is InChI=1S/C14H19N3O2/c1-5-19-10-6-7-12-11(8-10)14(18)17(4)13(15-12)9-16(2)3/h6-8H,5,9H2,1-4H3. The van der Waals surface area contributed by atoms with E-state index in [0.29, 0.717) is 29.8 Å². The summed E-state index contributed by atoms with van der Waals surface area (Å²) < 4.78 is 7.01. The van der Waals surface area contributed by atoms with Crippen LogP contribution in [0.25, 0.3) is 10.9 Å². The van der Waals surface area contributed by atoms with Gasteiger partial charge in [0.2, 0.25) is 0 Å². The summed E-state index contributed by atoms with van der Waals surface area (Å²) in [6, 6.07) is 5.44. The van der Waals surface area contributed by atoms with E-state index < -0.39 is 0 Å². The Morgan fingerprint density at radius 3 is 2.74 bits per heavy atom. The first-order valence-corrected chi connectivity index (χ1v) is 6.30. The quantitative estimate of drug-likeness (QED) is 0.834. The third kappa shape index (κ3) is 2.76. The van der Waals surface area contributed by atoms with Crippen LogP contribution in [0, 0.1) is 0 Å². The van der Waals surface area contributed by atoms with Gasteiger partial charge in [-0.25, -0.2) is 4.98 Å². The molecule has 2 rings (SSSR count). The number of nitrogens with zero attached hydrogens (tertiary/aromatic N) is 3. The van der Waals surface area contributed by atoms with Gasteiger partial charge in [0.25, 0.3) is 5.56 Å². The molecule has 0 unspecified atom stereocenters. The van der Waals surface area contributed by atoms with Crippen LogP contribution in [-0.4, -0.2) is 35.2 Å². The molecule has 1 aromatic carbocycles. The first-order chi connectivity index (χ1) is 9.02. The van der Waals surface area contributed by atoms with Gasteiger partial charge in [-0.05, 0) is 39.2 Å². The number of benzene rings is 1. The molecular weight excluding hydrogens is 242 g/mol. The minimum atomic E-state index is -0.0385. The maximum Gasteiger partial charge on any atom is 0.261 e. The molecule has 5 heteroatoms. The molecule has 0 radical (unpaired) electrons. The minimum absolute atomic E-state index is 0.0385. The van der Waals surface area contributed by atoms with E-state index in [0.717, 1.165) is 5.82 Å². The number of aromatic nitrogens is 2. The van der Waals surface area contributed by atoms with Crippen LogP contribution >= 0.6 is 0 Å². The summed E-state index contributed by atoms with van der Waals surface area (Å²) >= 11 is 0. The van der Waals surface area contributed by atoms with Crippen LogP contribution in [0.15, 0.2) is 23.0 Å². The average molecular weight is 261 g/mol. The van der Waals surface area contributed by atoms with Crippen LogP contribution in [0.4, 0.5) is 0 Å². The summed E-state index contributed by atoms with van der Waals surface area (Å²) in [7, 11) is 5.66. The molecule has 0 bridgehead atoms. The van der Waals surface area contributed by atoms with E-state index in [1.807, 2.05) is 38.1 Å². The second-order valence-corrected chi connectivity index (χ2v) is 4.74. The summed E-state index contributed by atoms with van der Waals surface area (Å²) in [6.45, 7) is 3.13. The Hall–Kier alpha value is -1.88. The highest BCUT2D eigenvalue weighted by Crippen LogP contribution is 2.17. The van der Waals surface area contributed by atoms with Crippen molar-refractivity contribution in [2.24, 2.45) is 7.05 Å². The molecule has 5 nitrogen and oxygen atoms in total. The second kappa shape index (κ2) is 5.40. The van der Waals surface area contributed by atoms with Crippen molar-refractivity contribution in [1.29, 1.82) is 0 Å². The predicted octanol–water partition coefficient (Wildman–Crippen LogP) is 1.39. The van der Waals surface area contributed by atoms with Crippen LogP contribution in [0.1, 0.15) is 12.7 Å². The number of fused-ring (bicyclic) bond motifs is 1. The van der Waals surface area contributed by atoms with Gasteiger partial charge in [-0.3, -0.25) is 9.36 Å². The third-order valence-corrected chi connectivity index (χ3v) is 2.91. The van der Waals surface area contributed by atoms with Gasteiger partial charge in [-0.1, -0.05) is 0 Å². The Balaban J connectivity index is 2.59. The third-order valence-electron chi connectivity index (χ3n) is 2.91. The molecule has 0 aliphatic heterocycles. The Labute approximate surface area is 112 Å². The van der Waals surface area contributed by atoms with Crippen molar-refractivity contribution in [3.05, 3.63) is 34.4 Å².